The molecule has 0 aliphatic heterocycles. The zero-order valence-electron chi connectivity index (χ0n) is 9.74. The first-order valence-corrected chi connectivity index (χ1v) is 5.30. The minimum Gasteiger partial charge on any atom is -0.461 e. The highest BCUT2D eigenvalue weighted by molar-refractivity contribution is 5.87. The van der Waals surface area contributed by atoms with Crippen molar-refractivity contribution in [1.82, 2.24) is 9.97 Å². The number of H-pyrrole nitrogens is 1. The number of carbonyl (C=O) groups excluding carboxylic acids is 1. The van der Waals surface area contributed by atoms with Crippen LogP contribution in [0.25, 0.3) is 0 Å². The first kappa shape index (κ1) is 12.4. The molecule has 16 heavy (non-hydrogen) atoms. The van der Waals surface area contributed by atoms with Crippen LogP contribution in [0.3, 0.4) is 0 Å². The molecule has 0 bridgehead atoms. The van der Waals surface area contributed by atoms with Gasteiger partial charge in [0.1, 0.15) is 0 Å². The van der Waals surface area contributed by atoms with Gasteiger partial charge in [0.15, 0.2) is 5.69 Å². The largest absolute Gasteiger partial charge is 0.461 e. The van der Waals surface area contributed by atoms with Crippen LogP contribution < -0.4 is 5.69 Å². The fourth-order valence-electron chi connectivity index (χ4n) is 1.37. The van der Waals surface area contributed by atoms with Crippen LogP contribution in [0.1, 0.15) is 37.0 Å². The maximum Gasteiger partial charge on any atom is 0.357 e. The van der Waals surface area contributed by atoms with E-state index in [2.05, 4.69) is 9.97 Å². The summed E-state index contributed by atoms with van der Waals surface area (Å²) in [5.41, 5.74) is 0.264. The van der Waals surface area contributed by atoms with E-state index < -0.39 is 11.7 Å². The number of nitrogens with zero attached hydrogens (tertiary/aromatic N) is 1. The molecule has 0 spiro atoms. The van der Waals surface area contributed by atoms with E-state index in [0.717, 1.165) is 0 Å². The molecule has 0 atom stereocenters. The Kier molecular flexibility index (Phi) is 4.22. The van der Waals surface area contributed by atoms with E-state index in [0.29, 0.717) is 18.0 Å². The van der Waals surface area contributed by atoms with Gasteiger partial charge in [0, 0.05) is 5.69 Å². The zero-order valence-corrected chi connectivity index (χ0v) is 9.74. The summed E-state index contributed by atoms with van der Waals surface area (Å²) < 4.78 is 4.79. The molecule has 0 aromatic carbocycles. The van der Waals surface area contributed by atoms with Crippen molar-refractivity contribution in [2.24, 2.45) is 5.92 Å². The zero-order chi connectivity index (χ0) is 12.1. The molecule has 0 saturated heterocycles. The van der Waals surface area contributed by atoms with Crippen molar-refractivity contribution in [2.45, 2.75) is 27.2 Å². The van der Waals surface area contributed by atoms with Crippen molar-refractivity contribution in [1.29, 1.82) is 0 Å². The maximum atomic E-state index is 11.4. The van der Waals surface area contributed by atoms with Crippen LogP contribution in [0, 0.1) is 5.92 Å². The highest BCUT2D eigenvalue weighted by Crippen LogP contribution is 2.05. The molecular weight excluding hydrogens is 208 g/mol. The van der Waals surface area contributed by atoms with E-state index >= 15 is 0 Å². The van der Waals surface area contributed by atoms with Crippen LogP contribution in [0.5, 0.6) is 0 Å². The van der Waals surface area contributed by atoms with Gasteiger partial charge in [0.05, 0.1) is 6.61 Å². The molecule has 1 N–H and O–H groups in total. The summed E-state index contributed by atoms with van der Waals surface area (Å²) in [5.74, 6) is -0.160. The SMILES string of the molecule is CCOC(=O)c1cc(CC(C)C)[nH]c(=O)n1. The molecule has 0 aliphatic rings. The Morgan fingerprint density at radius 3 is 2.81 bits per heavy atom. The van der Waals surface area contributed by atoms with Crippen LogP contribution in [0.4, 0.5) is 0 Å². The molecular formula is C11H16N2O3. The van der Waals surface area contributed by atoms with Crippen LogP contribution in [0.2, 0.25) is 0 Å². The van der Waals surface area contributed by atoms with E-state index in [9.17, 15) is 9.59 Å². The number of nitrogens with one attached hydrogen (secondary N) is 1. The summed E-state index contributed by atoms with van der Waals surface area (Å²) in [6.45, 7) is 6.04. The lowest BCUT2D eigenvalue weighted by atomic mass is 10.1. The van der Waals surface area contributed by atoms with Gasteiger partial charge in [0.2, 0.25) is 0 Å². The van der Waals surface area contributed by atoms with Gasteiger partial charge >= 0.3 is 11.7 Å². The molecule has 1 heterocycles. The third-order valence-corrected chi connectivity index (χ3v) is 1.91. The normalized spacial score (nSPS) is 10.5. The topological polar surface area (TPSA) is 72.1 Å². The number of carbonyl (C=O) groups is 1. The van der Waals surface area contributed by atoms with Crippen molar-refractivity contribution >= 4 is 5.97 Å². The standard InChI is InChI=1S/C11H16N2O3/c1-4-16-10(14)9-6-8(5-7(2)3)12-11(15)13-9/h6-7H,4-5H2,1-3H3,(H,12,13,15). The maximum absolute atomic E-state index is 11.4. The molecule has 1 aromatic rings. The number of aromatic nitrogens is 2. The van der Waals surface area contributed by atoms with Crippen molar-refractivity contribution in [3.8, 4) is 0 Å². The molecule has 5 heteroatoms. The molecule has 0 radical (unpaired) electrons. The molecule has 1 rings (SSSR count). The van der Waals surface area contributed by atoms with Gasteiger partial charge in [-0.05, 0) is 25.3 Å². The third-order valence-electron chi connectivity index (χ3n) is 1.91. The summed E-state index contributed by atoms with van der Waals surface area (Å²) >= 11 is 0. The number of rotatable bonds is 4. The second kappa shape index (κ2) is 5.44. The Hall–Kier alpha value is -1.65. The Balaban J connectivity index is 2.98. The van der Waals surface area contributed by atoms with Gasteiger partial charge in [-0.15, -0.1) is 0 Å². The number of hydrogen-bond acceptors (Lipinski definition) is 4. The van der Waals surface area contributed by atoms with Gasteiger partial charge < -0.3 is 9.72 Å². The highest BCUT2D eigenvalue weighted by Gasteiger charge is 2.11. The van der Waals surface area contributed by atoms with Gasteiger partial charge in [-0.3, -0.25) is 0 Å². The van der Waals surface area contributed by atoms with Gasteiger partial charge in [-0.25, -0.2) is 9.59 Å². The quantitative estimate of drug-likeness (QED) is 0.778. The number of ether oxygens (including phenoxy) is 1. The van der Waals surface area contributed by atoms with Crippen LogP contribution in [-0.4, -0.2) is 22.5 Å². The molecule has 5 nitrogen and oxygen atoms in total. The Morgan fingerprint density at radius 1 is 1.56 bits per heavy atom. The lowest BCUT2D eigenvalue weighted by Crippen LogP contribution is -2.20. The number of esters is 1. The summed E-state index contributed by atoms with van der Waals surface area (Å²) in [5, 5.41) is 0. The fraction of sp³-hybridized carbons (Fsp3) is 0.545. The summed E-state index contributed by atoms with van der Waals surface area (Å²) in [6, 6.07) is 1.57. The van der Waals surface area contributed by atoms with Crippen molar-refractivity contribution < 1.29 is 9.53 Å². The van der Waals surface area contributed by atoms with Crippen LogP contribution >= 0.6 is 0 Å². The van der Waals surface area contributed by atoms with E-state index in [-0.39, 0.29) is 12.3 Å². The molecule has 0 saturated carbocycles. The average Bonchev–Trinajstić information content (AvgIpc) is 2.15. The Bertz CT molecular complexity index is 423. The lowest BCUT2D eigenvalue weighted by Gasteiger charge is -2.06. The highest BCUT2D eigenvalue weighted by atomic mass is 16.5. The molecule has 0 aliphatic carbocycles. The van der Waals surface area contributed by atoms with E-state index in [1.807, 2.05) is 13.8 Å². The first-order valence-electron chi connectivity index (χ1n) is 5.30. The van der Waals surface area contributed by atoms with Gasteiger partial charge in [-0.2, -0.15) is 4.98 Å². The second-order valence-corrected chi connectivity index (χ2v) is 3.92. The summed E-state index contributed by atoms with van der Waals surface area (Å²) in [6.07, 6.45) is 0.699. The van der Waals surface area contributed by atoms with E-state index in [1.165, 1.54) is 0 Å². The second-order valence-electron chi connectivity index (χ2n) is 3.92. The minimum absolute atomic E-state index is 0.0706. The van der Waals surface area contributed by atoms with Crippen molar-refractivity contribution in [3.63, 3.8) is 0 Å². The predicted molar refractivity (Wildman–Crippen MR) is 59.4 cm³/mol. The molecule has 0 unspecified atom stereocenters. The molecule has 1 aromatic heterocycles. The Morgan fingerprint density at radius 2 is 2.25 bits per heavy atom. The van der Waals surface area contributed by atoms with Gasteiger partial charge in [-0.1, -0.05) is 13.8 Å². The fourth-order valence-corrected chi connectivity index (χ4v) is 1.37. The smallest absolute Gasteiger partial charge is 0.357 e. The average molecular weight is 224 g/mol. The predicted octanol–water partition coefficient (Wildman–Crippen LogP) is 1.15. The van der Waals surface area contributed by atoms with Crippen molar-refractivity contribution in [2.75, 3.05) is 6.61 Å². The van der Waals surface area contributed by atoms with E-state index in [1.54, 1.807) is 13.0 Å². The number of aromatic amines is 1. The monoisotopic (exact) mass is 224 g/mol. The Labute approximate surface area is 93.9 Å². The van der Waals surface area contributed by atoms with Gasteiger partial charge in [0.25, 0.3) is 0 Å². The van der Waals surface area contributed by atoms with E-state index in [4.69, 9.17) is 4.74 Å². The molecule has 0 amide bonds. The summed E-state index contributed by atoms with van der Waals surface area (Å²) in [7, 11) is 0. The number of hydrogen-bond donors (Lipinski definition) is 1. The van der Waals surface area contributed by atoms with Crippen LogP contribution in [0.15, 0.2) is 10.9 Å². The first-order chi connectivity index (χ1) is 7.52. The summed E-state index contributed by atoms with van der Waals surface area (Å²) in [4.78, 5) is 28.8. The molecule has 88 valence electrons. The minimum atomic E-state index is -0.557. The van der Waals surface area contributed by atoms with Crippen LogP contribution in [-0.2, 0) is 11.2 Å². The third kappa shape index (κ3) is 3.49. The molecule has 0 fully saturated rings. The van der Waals surface area contributed by atoms with Crippen molar-refractivity contribution in [3.05, 3.63) is 27.9 Å². The lowest BCUT2D eigenvalue weighted by molar-refractivity contribution is 0.0518.